The van der Waals surface area contributed by atoms with E-state index in [-0.39, 0.29) is 10.5 Å². The Balaban J connectivity index is 2.07. The zero-order chi connectivity index (χ0) is 20.3. The molecule has 8 heteroatoms. The Bertz CT molecular complexity index is 1090. The Morgan fingerprint density at radius 3 is 2.39 bits per heavy atom. The molecule has 2 aromatic carbocycles. The van der Waals surface area contributed by atoms with Gasteiger partial charge in [0, 0.05) is 16.6 Å². The number of sulfonamides is 1. The number of unbranched alkanes of at least 4 members (excludes halogenated alkanes) is 2. The zero-order valence-electron chi connectivity index (χ0n) is 15.3. The van der Waals surface area contributed by atoms with Gasteiger partial charge in [0.15, 0.2) is 0 Å². The van der Waals surface area contributed by atoms with Gasteiger partial charge < -0.3 is 5.11 Å². The molecule has 28 heavy (non-hydrogen) atoms. The second kappa shape index (κ2) is 8.63. The molecule has 0 aliphatic rings. The summed E-state index contributed by atoms with van der Waals surface area (Å²) in [5.74, 6) is -1.09. The third kappa shape index (κ3) is 4.09. The van der Waals surface area contributed by atoms with Crippen molar-refractivity contribution >= 4 is 58.3 Å². The molecule has 0 unspecified atom stereocenters. The van der Waals surface area contributed by atoms with Gasteiger partial charge in [0.05, 0.1) is 14.9 Å². The summed E-state index contributed by atoms with van der Waals surface area (Å²) >= 11 is 5.01. The number of hydrogen-bond acceptors (Lipinski definition) is 4. The van der Waals surface area contributed by atoms with Crippen LogP contribution in [0.1, 0.15) is 36.5 Å². The molecular weight excluding hydrogens is 462 g/mol. The number of aromatic carboxylic acids is 1. The van der Waals surface area contributed by atoms with Crippen molar-refractivity contribution in [1.29, 1.82) is 0 Å². The average molecular weight is 482 g/mol. The summed E-state index contributed by atoms with van der Waals surface area (Å²) in [6.45, 7) is 2.43. The summed E-state index contributed by atoms with van der Waals surface area (Å²) in [5.41, 5.74) is 0.0551. The van der Waals surface area contributed by atoms with Crippen molar-refractivity contribution in [3.63, 3.8) is 0 Å². The monoisotopic (exact) mass is 481 g/mol. The van der Waals surface area contributed by atoms with Crippen LogP contribution in [0.4, 0.5) is 5.00 Å². The predicted octanol–water partition coefficient (Wildman–Crippen LogP) is 5.75. The zero-order valence-corrected chi connectivity index (χ0v) is 18.5. The quantitative estimate of drug-likeness (QED) is 0.415. The minimum atomic E-state index is -3.83. The number of anilines is 1. The van der Waals surface area contributed by atoms with E-state index in [0.717, 1.165) is 33.8 Å². The standard InChI is InChI=1S/C20H20BrNO4S2/c1-2-3-6-13-22(19-18(21)16-7-4-5-8-17(16)27-19)28(25,26)15-11-9-14(10-12-15)20(23)24/h4-5,7-12H,2-3,6,13H2,1H3,(H,23,24). The second-order valence-corrected chi connectivity index (χ2v) is 10.0. The van der Waals surface area contributed by atoms with Crippen molar-refractivity contribution in [3.05, 3.63) is 58.6 Å². The van der Waals surface area contributed by atoms with E-state index in [9.17, 15) is 13.2 Å². The van der Waals surface area contributed by atoms with Gasteiger partial charge in [-0.25, -0.2) is 13.2 Å². The fourth-order valence-corrected chi connectivity index (χ4v) is 6.79. The summed E-state index contributed by atoms with van der Waals surface area (Å²) in [5, 5.41) is 10.7. The Kier molecular flexibility index (Phi) is 6.42. The Morgan fingerprint density at radius 2 is 1.79 bits per heavy atom. The van der Waals surface area contributed by atoms with E-state index in [1.54, 1.807) is 0 Å². The van der Waals surface area contributed by atoms with Crippen molar-refractivity contribution in [2.75, 3.05) is 10.8 Å². The molecule has 1 heterocycles. The molecule has 0 aliphatic carbocycles. The molecule has 5 nitrogen and oxygen atoms in total. The number of fused-ring (bicyclic) bond motifs is 1. The van der Waals surface area contributed by atoms with Gasteiger partial charge in [0.25, 0.3) is 10.0 Å². The van der Waals surface area contributed by atoms with Crippen LogP contribution in [-0.4, -0.2) is 26.0 Å². The maximum atomic E-state index is 13.4. The molecule has 0 atom stereocenters. The molecule has 0 saturated carbocycles. The molecule has 0 radical (unpaired) electrons. The first-order chi connectivity index (χ1) is 13.4. The number of carboxylic acid groups (broad SMARTS) is 1. The van der Waals surface area contributed by atoms with E-state index in [2.05, 4.69) is 22.9 Å². The van der Waals surface area contributed by atoms with E-state index in [0.29, 0.717) is 11.5 Å². The first-order valence-electron chi connectivity index (χ1n) is 8.89. The largest absolute Gasteiger partial charge is 0.478 e. The van der Waals surface area contributed by atoms with Crippen molar-refractivity contribution in [2.45, 2.75) is 31.1 Å². The maximum Gasteiger partial charge on any atom is 0.335 e. The number of halogens is 1. The molecule has 0 spiro atoms. The van der Waals surface area contributed by atoms with Crippen molar-refractivity contribution in [1.82, 2.24) is 0 Å². The SMILES string of the molecule is CCCCCN(c1sc2ccccc2c1Br)S(=O)(=O)c1ccc(C(=O)O)cc1. The fourth-order valence-electron chi connectivity index (χ4n) is 2.89. The lowest BCUT2D eigenvalue weighted by Crippen LogP contribution is -2.31. The van der Waals surface area contributed by atoms with Gasteiger partial charge in [-0.3, -0.25) is 4.31 Å². The van der Waals surface area contributed by atoms with Gasteiger partial charge in [-0.2, -0.15) is 0 Å². The van der Waals surface area contributed by atoms with Crippen LogP contribution in [0.2, 0.25) is 0 Å². The lowest BCUT2D eigenvalue weighted by molar-refractivity contribution is 0.0696. The maximum absolute atomic E-state index is 13.4. The average Bonchev–Trinajstić information content (AvgIpc) is 3.01. The van der Waals surface area contributed by atoms with E-state index in [1.165, 1.54) is 39.9 Å². The van der Waals surface area contributed by atoms with E-state index in [4.69, 9.17) is 5.11 Å². The smallest absolute Gasteiger partial charge is 0.335 e. The van der Waals surface area contributed by atoms with E-state index in [1.807, 2.05) is 24.3 Å². The number of carboxylic acids is 1. The Morgan fingerprint density at radius 1 is 1.11 bits per heavy atom. The molecule has 0 fully saturated rings. The van der Waals surface area contributed by atoms with Crippen LogP contribution in [0.3, 0.4) is 0 Å². The second-order valence-electron chi connectivity index (χ2n) is 6.33. The number of carbonyl (C=O) groups is 1. The van der Waals surface area contributed by atoms with Crippen LogP contribution in [0.25, 0.3) is 10.1 Å². The number of hydrogen-bond donors (Lipinski definition) is 1. The van der Waals surface area contributed by atoms with Gasteiger partial charge in [-0.05, 0) is 52.7 Å². The van der Waals surface area contributed by atoms with Gasteiger partial charge in [-0.1, -0.05) is 38.0 Å². The Labute approximate surface area is 176 Å². The molecule has 0 saturated heterocycles. The molecule has 1 N–H and O–H groups in total. The molecule has 148 valence electrons. The highest BCUT2D eigenvalue weighted by Crippen LogP contribution is 2.43. The summed E-state index contributed by atoms with van der Waals surface area (Å²) < 4.78 is 30.0. The first-order valence-corrected chi connectivity index (χ1v) is 11.9. The van der Waals surface area contributed by atoms with Crippen LogP contribution in [-0.2, 0) is 10.0 Å². The number of nitrogens with zero attached hydrogens (tertiary/aromatic N) is 1. The molecule has 1 aromatic heterocycles. The van der Waals surface area contributed by atoms with Crippen molar-refractivity contribution in [2.24, 2.45) is 0 Å². The van der Waals surface area contributed by atoms with Crippen LogP contribution < -0.4 is 4.31 Å². The van der Waals surface area contributed by atoms with Crippen LogP contribution in [0.5, 0.6) is 0 Å². The van der Waals surface area contributed by atoms with Crippen molar-refractivity contribution < 1.29 is 18.3 Å². The molecule has 0 amide bonds. The lowest BCUT2D eigenvalue weighted by atomic mass is 10.2. The summed E-state index contributed by atoms with van der Waals surface area (Å²) in [7, 11) is -3.83. The normalized spacial score (nSPS) is 11.6. The Hall–Kier alpha value is -1.90. The van der Waals surface area contributed by atoms with Crippen molar-refractivity contribution in [3.8, 4) is 0 Å². The van der Waals surface area contributed by atoms with Gasteiger partial charge in [0.1, 0.15) is 5.00 Å². The molecule has 3 rings (SSSR count). The van der Waals surface area contributed by atoms with Gasteiger partial charge in [-0.15, -0.1) is 11.3 Å². The minimum absolute atomic E-state index is 0.0551. The molecule has 3 aromatic rings. The predicted molar refractivity (Wildman–Crippen MR) is 117 cm³/mol. The fraction of sp³-hybridized carbons (Fsp3) is 0.250. The summed E-state index contributed by atoms with van der Waals surface area (Å²) in [6.07, 6.45) is 2.64. The van der Waals surface area contributed by atoms with Gasteiger partial charge >= 0.3 is 5.97 Å². The third-order valence-electron chi connectivity index (χ3n) is 4.40. The highest BCUT2D eigenvalue weighted by Gasteiger charge is 2.28. The topological polar surface area (TPSA) is 74.7 Å². The lowest BCUT2D eigenvalue weighted by Gasteiger charge is -2.23. The van der Waals surface area contributed by atoms with E-state index >= 15 is 0 Å². The summed E-state index contributed by atoms with van der Waals surface area (Å²) in [6, 6.07) is 13.1. The highest BCUT2D eigenvalue weighted by molar-refractivity contribution is 9.10. The molecule has 0 bridgehead atoms. The summed E-state index contributed by atoms with van der Waals surface area (Å²) in [4.78, 5) is 11.2. The minimum Gasteiger partial charge on any atom is -0.478 e. The first kappa shape index (κ1) is 20.8. The number of benzene rings is 2. The highest BCUT2D eigenvalue weighted by atomic mass is 79.9. The van der Waals surface area contributed by atoms with Crippen LogP contribution in [0, 0.1) is 0 Å². The molecular formula is C20H20BrNO4S2. The third-order valence-corrected chi connectivity index (χ3v) is 8.59. The van der Waals surface area contributed by atoms with Crippen LogP contribution >= 0.6 is 27.3 Å². The van der Waals surface area contributed by atoms with Gasteiger partial charge in [0.2, 0.25) is 0 Å². The van der Waals surface area contributed by atoms with Crippen LogP contribution in [0.15, 0.2) is 57.9 Å². The van der Waals surface area contributed by atoms with E-state index < -0.39 is 16.0 Å². The number of thiophene rings is 1. The molecule has 0 aliphatic heterocycles. The number of rotatable bonds is 8.